The van der Waals surface area contributed by atoms with Crippen LogP contribution in [0.4, 0.5) is 0 Å². The van der Waals surface area contributed by atoms with E-state index >= 15 is 0 Å². The van der Waals surface area contributed by atoms with Gasteiger partial charge in [0.1, 0.15) is 0 Å². The number of aryl methyl sites for hydroxylation is 6. The first-order chi connectivity index (χ1) is 13.4. The highest BCUT2D eigenvalue weighted by Crippen LogP contribution is 2.15. The van der Waals surface area contributed by atoms with Crippen LogP contribution in [0.15, 0.2) is 24.3 Å². The van der Waals surface area contributed by atoms with Crippen molar-refractivity contribution in [3.05, 3.63) is 57.6 Å². The van der Waals surface area contributed by atoms with Crippen LogP contribution in [0.25, 0.3) is 0 Å². The van der Waals surface area contributed by atoms with Crippen LogP contribution in [0.5, 0.6) is 0 Å². The quantitative estimate of drug-likeness (QED) is 0.710. The summed E-state index contributed by atoms with van der Waals surface area (Å²) in [7, 11) is -0.688. The third-order valence-electron chi connectivity index (χ3n) is 5.68. The number of benzene rings is 2. The first-order valence-corrected chi connectivity index (χ1v) is 10.8. The van der Waals surface area contributed by atoms with Crippen LogP contribution in [-0.2, 0) is 0 Å². The summed E-state index contributed by atoms with van der Waals surface area (Å²) in [4.78, 5) is 0. The van der Waals surface area contributed by atoms with Gasteiger partial charge in [0.05, 0.1) is 0 Å². The van der Waals surface area contributed by atoms with Crippen molar-refractivity contribution in [3.63, 3.8) is 0 Å². The fourth-order valence-corrected chi connectivity index (χ4v) is 4.73. The maximum absolute atomic E-state index is 11.7. The molecule has 2 aromatic carbocycles. The van der Waals surface area contributed by atoms with E-state index in [1.165, 1.54) is 27.7 Å². The SMILES string of the molecule is Cc1cc(C)c(B(O)N(B(NC(C)C)c2c(C)cc(C)cc2C)C(C)C)c(C)c1. The maximum atomic E-state index is 11.7. The molecule has 0 fully saturated rings. The Morgan fingerprint density at radius 3 is 1.45 bits per heavy atom. The number of nitrogens with one attached hydrogen (secondary N) is 1. The summed E-state index contributed by atoms with van der Waals surface area (Å²) >= 11 is 0. The van der Waals surface area contributed by atoms with Crippen molar-refractivity contribution < 1.29 is 5.02 Å². The predicted molar refractivity (Wildman–Crippen MR) is 130 cm³/mol. The lowest BCUT2D eigenvalue weighted by Crippen LogP contribution is -2.70. The molecule has 29 heavy (non-hydrogen) atoms. The Kier molecular flexibility index (Phi) is 7.78. The summed E-state index contributed by atoms with van der Waals surface area (Å²) in [5.41, 5.74) is 9.58. The van der Waals surface area contributed by atoms with E-state index in [9.17, 15) is 5.02 Å². The molecule has 0 aromatic heterocycles. The fourth-order valence-electron chi connectivity index (χ4n) is 4.73. The number of hydrogen-bond acceptors (Lipinski definition) is 3. The summed E-state index contributed by atoms with van der Waals surface area (Å²) in [6.07, 6.45) is 0. The Balaban J connectivity index is 2.66. The Morgan fingerprint density at radius 1 is 0.724 bits per heavy atom. The molecule has 0 spiro atoms. The third kappa shape index (κ3) is 5.33. The van der Waals surface area contributed by atoms with Gasteiger partial charge in [-0.15, -0.1) is 0 Å². The van der Waals surface area contributed by atoms with E-state index in [2.05, 4.69) is 103 Å². The van der Waals surface area contributed by atoms with Gasteiger partial charge in [-0.1, -0.05) is 85.3 Å². The molecule has 5 heteroatoms. The van der Waals surface area contributed by atoms with Crippen LogP contribution in [0.2, 0.25) is 0 Å². The van der Waals surface area contributed by atoms with Gasteiger partial charge >= 0.3 is 14.0 Å². The van der Waals surface area contributed by atoms with Crippen molar-refractivity contribution in [2.75, 3.05) is 0 Å². The Bertz CT molecular complexity index is 818. The van der Waals surface area contributed by atoms with Crippen molar-refractivity contribution in [1.29, 1.82) is 0 Å². The monoisotopic (exact) mass is 392 g/mol. The standard InChI is InChI=1S/C24H38B2N2O/c1-15(2)27-25(23-19(7)11-17(5)12-20(23)8)28(16(3)4)26(29)24-21(9)13-18(6)14-22(24)10/h11-16,27,29H,1-10H3. The summed E-state index contributed by atoms with van der Waals surface area (Å²) in [6.45, 7) is 21.4. The Morgan fingerprint density at radius 2 is 1.10 bits per heavy atom. The van der Waals surface area contributed by atoms with Crippen LogP contribution >= 0.6 is 0 Å². The van der Waals surface area contributed by atoms with Gasteiger partial charge in [0.2, 0.25) is 0 Å². The van der Waals surface area contributed by atoms with Gasteiger partial charge in [-0.25, -0.2) is 0 Å². The molecule has 3 nitrogen and oxygen atoms in total. The van der Waals surface area contributed by atoms with Crippen LogP contribution < -0.4 is 16.2 Å². The van der Waals surface area contributed by atoms with E-state index in [4.69, 9.17) is 0 Å². The predicted octanol–water partition coefficient (Wildman–Crippen LogP) is 3.33. The van der Waals surface area contributed by atoms with Crippen LogP contribution in [0.1, 0.15) is 61.1 Å². The third-order valence-corrected chi connectivity index (χ3v) is 5.68. The number of nitrogens with zero attached hydrogens (tertiary/aromatic N) is 1. The summed E-state index contributed by atoms with van der Waals surface area (Å²) in [6, 6.07) is 9.25. The lowest BCUT2D eigenvalue weighted by molar-refractivity contribution is 0.432. The van der Waals surface area contributed by atoms with Crippen molar-refractivity contribution in [2.45, 2.75) is 81.3 Å². The van der Waals surface area contributed by atoms with Crippen LogP contribution in [0.3, 0.4) is 0 Å². The molecule has 0 heterocycles. The maximum Gasteiger partial charge on any atom is 0.406 e. The van der Waals surface area contributed by atoms with Gasteiger partial charge in [0.25, 0.3) is 0 Å². The van der Waals surface area contributed by atoms with E-state index in [1.807, 2.05) is 0 Å². The second-order valence-electron chi connectivity index (χ2n) is 9.26. The molecular formula is C24H38B2N2O. The molecule has 0 unspecified atom stereocenters. The van der Waals surface area contributed by atoms with Crippen molar-refractivity contribution in [2.24, 2.45) is 0 Å². The zero-order valence-corrected chi connectivity index (χ0v) is 20.0. The molecule has 0 aliphatic carbocycles. The van der Waals surface area contributed by atoms with Crippen molar-refractivity contribution >= 4 is 25.0 Å². The van der Waals surface area contributed by atoms with Gasteiger partial charge in [0.15, 0.2) is 0 Å². The molecule has 0 bridgehead atoms. The Labute approximate surface area is 179 Å². The van der Waals surface area contributed by atoms with E-state index in [-0.39, 0.29) is 19.1 Å². The van der Waals surface area contributed by atoms with Gasteiger partial charge in [-0.2, -0.15) is 0 Å². The first kappa shape index (κ1) is 23.7. The second kappa shape index (κ2) is 9.51. The highest BCUT2D eigenvalue weighted by Gasteiger charge is 2.39. The van der Waals surface area contributed by atoms with Crippen molar-refractivity contribution in [1.82, 2.24) is 9.95 Å². The highest BCUT2D eigenvalue weighted by atomic mass is 16.2. The minimum Gasteiger partial charge on any atom is -0.434 e. The largest absolute Gasteiger partial charge is 0.434 e. The number of hydrogen-bond donors (Lipinski definition) is 2. The first-order valence-electron chi connectivity index (χ1n) is 10.8. The molecule has 2 aromatic rings. The normalized spacial score (nSPS) is 11.7. The van der Waals surface area contributed by atoms with Gasteiger partial charge in [-0.05, 0) is 64.6 Å². The van der Waals surface area contributed by atoms with Crippen LogP contribution in [-0.4, -0.2) is 35.9 Å². The summed E-state index contributed by atoms with van der Waals surface area (Å²) < 4.78 is 2.22. The minimum absolute atomic E-state index is 0.0781. The van der Waals surface area contributed by atoms with Crippen molar-refractivity contribution in [3.8, 4) is 0 Å². The van der Waals surface area contributed by atoms with E-state index in [0.717, 1.165) is 16.6 Å². The van der Waals surface area contributed by atoms with Gasteiger partial charge < -0.3 is 15.0 Å². The fraction of sp³-hybridized carbons (Fsp3) is 0.500. The topological polar surface area (TPSA) is 35.5 Å². The molecule has 0 amide bonds. The summed E-state index contributed by atoms with van der Waals surface area (Å²) in [5, 5.41) is 15.4. The van der Waals surface area contributed by atoms with Gasteiger partial charge in [-0.3, -0.25) is 0 Å². The smallest absolute Gasteiger partial charge is 0.406 e. The molecule has 2 rings (SSSR count). The zero-order valence-electron chi connectivity index (χ0n) is 20.0. The lowest BCUT2D eigenvalue weighted by Gasteiger charge is -2.38. The molecule has 2 N–H and O–H groups in total. The number of rotatable bonds is 7. The molecule has 156 valence electrons. The molecule has 0 saturated heterocycles. The molecule has 0 aliphatic heterocycles. The molecule has 0 radical (unpaired) electrons. The molecule has 0 saturated carbocycles. The average molecular weight is 392 g/mol. The zero-order chi connectivity index (χ0) is 22.0. The average Bonchev–Trinajstić information content (AvgIpc) is 2.51. The minimum atomic E-state index is -0.688. The van der Waals surface area contributed by atoms with E-state index in [1.54, 1.807) is 0 Å². The second-order valence-corrected chi connectivity index (χ2v) is 9.26. The van der Waals surface area contributed by atoms with Gasteiger partial charge in [0, 0.05) is 0 Å². The van der Waals surface area contributed by atoms with E-state index < -0.39 is 7.05 Å². The Hall–Kier alpha value is -1.55. The molecular weight excluding hydrogens is 354 g/mol. The highest BCUT2D eigenvalue weighted by molar-refractivity contribution is 6.82. The lowest BCUT2D eigenvalue weighted by atomic mass is 9.51. The van der Waals surface area contributed by atoms with Crippen LogP contribution in [0, 0.1) is 41.5 Å². The summed E-state index contributed by atoms with van der Waals surface area (Å²) in [5.74, 6) is 0. The molecule has 0 atom stereocenters. The molecule has 0 aliphatic rings. The van der Waals surface area contributed by atoms with E-state index in [0.29, 0.717) is 0 Å².